The van der Waals surface area contributed by atoms with Crippen LogP contribution in [-0.2, 0) is 9.59 Å². The summed E-state index contributed by atoms with van der Waals surface area (Å²) in [6.07, 6.45) is 1.71. The molecule has 0 aromatic heterocycles. The molecule has 2 aromatic carbocycles. The van der Waals surface area contributed by atoms with Gasteiger partial charge in [-0.2, -0.15) is 0 Å². The minimum Gasteiger partial charge on any atom is -0.325 e. The first kappa shape index (κ1) is 24.4. The molecular formula is C23H28F3N3O2. The Morgan fingerprint density at radius 2 is 1.52 bits per heavy atom. The van der Waals surface area contributed by atoms with Gasteiger partial charge in [0.15, 0.2) is 17.5 Å². The van der Waals surface area contributed by atoms with E-state index in [1.807, 2.05) is 31.2 Å². The lowest BCUT2D eigenvalue weighted by molar-refractivity contribution is -0.120. The maximum Gasteiger partial charge on any atom is 0.238 e. The monoisotopic (exact) mass is 435 g/mol. The average Bonchev–Trinajstić information content (AvgIpc) is 2.74. The van der Waals surface area contributed by atoms with Crippen LogP contribution >= 0.6 is 0 Å². The van der Waals surface area contributed by atoms with E-state index in [0.29, 0.717) is 24.6 Å². The van der Waals surface area contributed by atoms with Gasteiger partial charge in [-0.3, -0.25) is 14.5 Å². The van der Waals surface area contributed by atoms with Crippen molar-refractivity contribution >= 4 is 23.2 Å². The molecule has 2 N–H and O–H groups in total. The van der Waals surface area contributed by atoms with E-state index >= 15 is 0 Å². The smallest absolute Gasteiger partial charge is 0.238 e. The molecule has 0 aliphatic carbocycles. The summed E-state index contributed by atoms with van der Waals surface area (Å²) in [5, 5.41) is 5.02. The van der Waals surface area contributed by atoms with E-state index in [-0.39, 0.29) is 19.0 Å². The van der Waals surface area contributed by atoms with Gasteiger partial charge in [0, 0.05) is 5.69 Å². The molecule has 0 aliphatic rings. The van der Waals surface area contributed by atoms with Gasteiger partial charge in [-0.1, -0.05) is 32.9 Å². The molecule has 0 bridgehead atoms. The number of amides is 2. The Labute approximate surface area is 180 Å². The first-order chi connectivity index (χ1) is 14.7. The van der Waals surface area contributed by atoms with Crippen LogP contribution in [0.15, 0.2) is 36.4 Å². The van der Waals surface area contributed by atoms with E-state index in [4.69, 9.17) is 0 Å². The number of benzene rings is 2. The van der Waals surface area contributed by atoms with E-state index in [9.17, 15) is 22.8 Å². The number of halogens is 3. The SMILES string of the molecule is CCCN(CC(=O)Nc1ccc([C@@H](C)CC)cc1)CC(=O)Nc1ccc(F)c(F)c1F. The minimum atomic E-state index is -1.65. The summed E-state index contributed by atoms with van der Waals surface area (Å²) in [6, 6.07) is 9.29. The first-order valence-corrected chi connectivity index (χ1v) is 10.3. The molecule has 0 radical (unpaired) electrons. The molecule has 1 atom stereocenters. The highest BCUT2D eigenvalue weighted by molar-refractivity contribution is 5.94. The van der Waals surface area contributed by atoms with E-state index in [0.717, 1.165) is 18.6 Å². The summed E-state index contributed by atoms with van der Waals surface area (Å²) >= 11 is 0. The first-order valence-electron chi connectivity index (χ1n) is 10.3. The number of carbonyl (C=O) groups excluding carboxylic acids is 2. The van der Waals surface area contributed by atoms with Crippen molar-refractivity contribution in [2.45, 2.75) is 39.5 Å². The van der Waals surface area contributed by atoms with Gasteiger partial charge in [0.1, 0.15) is 0 Å². The van der Waals surface area contributed by atoms with Crippen LogP contribution in [0.1, 0.15) is 45.1 Å². The molecule has 0 unspecified atom stereocenters. The van der Waals surface area contributed by atoms with E-state index in [2.05, 4.69) is 24.5 Å². The number of rotatable bonds is 10. The van der Waals surface area contributed by atoms with Crippen molar-refractivity contribution in [2.75, 3.05) is 30.3 Å². The largest absolute Gasteiger partial charge is 0.325 e. The predicted molar refractivity (Wildman–Crippen MR) is 115 cm³/mol. The van der Waals surface area contributed by atoms with Crippen molar-refractivity contribution in [3.63, 3.8) is 0 Å². The van der Waals surface area contributed by atoms with Crippen LogP contribution in [0.4, 0.5) is 24.5 Å². The molecule has 168 valence electrons. The molecule has 0 aliphatic heterocycles. The molecule has 2 aromatic rings. The fourth-order valence-electron chi connectivity index (χ4n) is 3.08. The summed E-state index contributed by atoms with van der Waals surface area (Å²) in [6.45, 7) is 6.34. The van der Waals surface area contributed by atoms with Crippen LogP contribution in [0.3, 0.4) is 0 Å². The van der Waals surface area contributed by atoms with E-state index in [1.54, 1.807) is 4.90 Å². The van der Waals surface area contributed by atoms with Gasteiger partial charge < -0.3 is 10.6 Å². The summed E-state index contributed by atoms with van der Waals surface area (Å²) in [4.78, 5) is 26.3. The fraction of sp³-hybridized carbons (Fsp3) is 0.391. The summed E-state index contributed by atoms with van der Waals surface area (Å²) in [5.41, 5.74) is 1.39. The van der Waals surface area contributed by atoms with Crippen LogP contribution < -0.4 is 10.6 Å². The van der Waals surface area contributed by atoms with Gasteiger partial charge in [0.2, 0.25) is 11.8 Å². The van der Waals surface area contributed by atoms with Crippen molar-refractivity contribution in [3.05, 3.63) is 59.4 Å². The van der Waals surface area contributed by atoms with Crippen molar-refractivity contribution in [2.24, 2.45) is 0 Å². The number of hydrogen-bond acceptors (Lipinski definition) is 3. The predicted octanol–water partition coefficient (Wildman–Crippen LogP) is 4.91. The third kappa shape index (κ3) is 7.10. The summed E-state index contributed by atoms with van der Waals surface area (Å²) in [7, 11) is 0. The molecule has 0 saturated heterocycles. The van der Waals surface area contributed by atoms with Crippen LogP contribution in [0, 0.1) is 17.5 Å². The Kier molecular flexibility index (Phi) is 9.05. The topological polar surface area (TPSA) is 61.4 Å². The molecular weight excluding hydrogens is 407 g/mol. The molecule has 31 heavy (non-hydrogen) atoms. The number of anilines is 2. The molecule has 0 spiro atoms. The van der Waals surface area contributed by atoms with Crippen molar-refractivity contribution in [3.8, 4) is 0 Å². The highest BCUT2D eigenvalue weighted by Crippen LogP contribution is 2.21. The number of hydrogen-bond donors (Lipinski definition) is 2. The van der Waals surface area contributed by atoms with Gasteiger partial charge in [-0.15, -0.1) is 0 Å². The Hall–Kier alpha value is -2.87. The second-order valence-electron chi connectivity index (χ2n) is 7.46. The van der Waals surface area contributed by atoms with Gasteiger partial charge in [-0.05, 0) is 55.1 Å². The Bertz CT molecular complexity index is 904. The number of carbonyl (C=O) groups is 2. The minimum absolute atomic E-state index is 0.0470. The normalized spacial score (nSPS) is 12.0. The highest BCUT2D eigenvalue weighted by Gasteiger charge is 2.18. The molecule has 0 fully saturated rings. The molecule has 8 heteroatoms. The van der Waals surface area contributed by atoms with Gasteiger partial charge >= 0.3 is 0 Å². The summed E-state index contributed by atoms with van der Waals surface area (Å²) < 4.78 is 40.1. The lowest BCUT2D eigenvalue weighted by Gasteiger charge is -2.21. The lowest BCUT2D eigenvalue weighted by atomic mass is 9.99. The van der Waals surface area contributed by atoms with Gasteiger partial charge in [-0.25, -0.2) is 13.2 Å². The third-order valence-electron chi connectivity index (χ3n) is 4.96. The van der Waals surface area contributed by atoms with Gasteiger partial charge in [0.25, 0.3) is 0 Å². The van der Waals surface area contributed by atoms with Crippen LogP contribution in [-0.4, -0.2) is 36.3 Å². The standard InChI is InChI=1S/C23H28F3N3O2/c1-4-12-29(14-21(31)28-19-11-10-18(24)22(25)23(19)26)13-20(30)27-17-8-6-16(7-9-17)15(3)5-2/h6-11,15H,4-5,12-14H2,1-3H3,(H,27,30)(H,28,31)/t15-/m0/s1. The molecule has 2 rings (SSSR count). The quantitative estimate of drug-likeness (QED) is 0.522. The fourth-order valence-corrected chi connectivity index (χ4v) is 3.08. The number of nitrogens with one attached hydrogen (secondary N) is 2. The van der Waals surface area contributed by atoms with Crippen LogP contribution in [0.25, 0.3) is 0 Å². The van der Waals surface area contributed by atoms with Gasteiger partial charge in [0.05, 0.1) is 18.8 Å². The second kappa shape index (κ2) is 11.5. The molecule has 2 amide bonds. The Morgan fingerprint density at radius 3 is 2.10 bits per heavy atom. The lowest BCUT2D eigenvalue weighted by Crippen LogP contribution is -2.39. The number of nitrogens with zero attached hydrogens (tertiary/aromatic N) is 1. The average molecular weight is 435 g/mol. The zero-order valence-corrected chi connectivity index (χ0v) is 18.0. The Morgan fingerprint density at radius 1 is 0.903 bits per heavy atom. The van der Waals surface area contributed by atoms with E-state index in [1.165, 1.54) is 5.56 Å². The van der Waals surface area contributed by atoms with Crippen molar-refractivity contribution < 1.29 is 22.8 Å². The zero-order valence-electron chi connectivity index (χ0n) is 18.0. The third-order valence-corrected chi connectivity index (χ3v) is 4.96. The second-order valence-corrected chi connectivity index (χ2v) is 7.46. The summed E-state index contributed by atoms with van der Waals surface area (Å²) in [5.74, 6) is -4.95. The van der Waals surface area contributed by atoms with Crippen LogP contribution in [0.2, 0.25) is 0 Å². The highest BCUT2D eigenvalue weighted by atomic mass is 19.2. The molecule has 5 nitrogen and oxygen atoms in total. The molecule has 0 heterocycles. The maximum atomic E-state index is 13.8. The van der Waals surface area contributed by atoms with Crippen molar-refractivity contribution in [1.82, 2.24) is 4.90 Å². The molecule has 0 saturated carbocycles. The van der Waals surface area contributed by atoms with Crippen LogP contribution in [0.5, 0.6) is 0 Å². The van der Waals surface area contributed by atoms with Crippen molar-refractivity contribution in [1.29, 1.82) is 0 Å². The Balaban J connectivity index is 1.95. The van der Waals surface area contributed by atoms with E-state index < -0.39 is 29.0 Å². The maximum absolute atomic E-state index is 13.8. The zero-order chi connectivity index (χ0) is 23.0.